The van der Waals surface area contributed by atoms with Crippen molar-refractivity contribution >= 4 is 73.9 Å². The van der Waals surface area contributed by atoms with Crippen molar-refractivity contribution in [1.82, 2.24) is 10.2 Å². The fourth-order valence-electron chi connectivity index (χ4n) is 5.21. The quantitative estimate of drug-likeness (QED) is 0.232. The van der Waals surface area contributed by atoms with Crippen molar-refractivity contribution < 1.29 is 18.0 Å². The fourth-order valence-corrected chi connectivity index (χ4v) is 6.95. The number of amides is 2. The molecule has 1 unspecified atom stereocenters. The van der Waals surface area contributed by atoms with E-state index in [-0.39, 0.29) is 35.6 Å². The van der Waals surface area contributed by atoms with Crippen LogP contribution in [0, 0.1) is 0 Å². The van der Waals surface area contributed by atoms with Crippen LogP contribution in [0.15, 0.2) is 66.7 Å². The van der Waals surface area contributed by atoms with E-state index in [9.17, 15) is 18.0 Å². The summed E-state index contributed by atoms with van der Waals surface area (Å²) in [6, 6.07) is 17.7. The van der Waals surface area contributed by atoms with Crippen molar-refractivity contribution in [3.05, 3.63) is 97.9 Å². The van der Waals surface area contributed by atoms with E-state index in [1.807, 2.05) is 30.3 Å². The molecule has 1 fully saturated rings. The number of benzene rings is 3. The van der Waals surface area contributed by atoms with Crippen LogP contribution in [-0.2, 0) is 32.6 Å². The number of rotatable bonds is 11. The fraction of sp³-hybridized carbons (Fsp3) is 0.355. The second kappa shape index (κ2) is 15.0. The molecular formula is C31H33Cl4N3O4S. The summed E-state index contributed by atoms with van der Waals surface area (Å²) in [4.78, 5) is 29.7. The highest BCUT2D eigenvalue weighted by molar-refractivity contribution is 7.92. The summed E-state index contributed by atoms with van der Waals surface area (Å²) in [5, 5.41) is 4.19. The average molecular weight is 686 g/mol. The summed E-state index contributed by atoms with van der Waals surface area (Å²) in [5.41, 5.74) is 1.57. The molecule has 0 saturated heterocycles. The SMILES string of the molecule is CS(=O)(=O)N(CC(=O)N(Cc1ccc(Cl)c(Cl)c1)C(Cc1ccccc1)C(=O)NC1CCCCC1)c1ccc(Cl)cc1Cl. The molecule has 3 aromatic rings. The zero-order valence-corrected chi connectivity index (χ0v) is 27.5. The first-order valence-electron chi connectivity index (χ1n) is 13.9. The van der Waals surface area contributed by atoms with E-state index in [1.165, 1.54) is 23.1 Å². The van der Waals surface area contributed by atoms with Gasteiger partial charge in [0.25, 0.3) is 0 Å². The molecule has 0 aromatic heterocycles. The Kier molecular flexibility index (Phi) is 11.6. The number of hydrogen-bond acceptors (Lipinski definition) is 4. The molecule has 7 nitrogen and oxygen atoms in total. The third-order valence-corrected chi connectivity index (χ3v) is 9.82. The van der Waals surface area contributed by atoms with E-state index in [0.717, 1.165) is 48.2 Å². The summed E-state index contributed by atoms with van der Waals surface area (Å²) in [6.07, 6.45) is 6.09. The smallest absolute Gasteiger partial charge is 0.244 e. The van der Waals surface area contributed by atoms with Crippen molar-refractivity contribution in [1.29, 1.82) is 0 Å². The first-order valence-corrected chi connectivity index (χ1v) is 17.3. The molecule has 1 aliphatic rings. The summed E-state index contributed by atoms with van der Waals surface area (Å²) in [5.74, 6) is -0.901. The number of sulfonamides is 1. The van der Waals surface area contributed by atoms with Crippen LogP contribution in [0.5, 0.6) is 0 Å². The van der Waals surface area contributed by atoms with Crippen LogP contribution in [0.3, 0.4) is 0 Å². The van der Waals surface area contributed by atoms with Gasteiger partial charge in [0.1, 0.15) is 12.6 Å². The van der Waals surface area contributed by atoms with Crippen LogP contribution in [0.2, 0.25) is 20.1 Å². The standard InChI is InChI=1S/C31H33Cl4N3O4S/c1-43(41,42)38(28-15-13-23(32)18-27(28)35)20-30(39)37(19-22-12-14-25(33)26(34)16-22)29(17-21-8-4-2-5-9-21)31(40)36-24-10-6-3-7-11-24/h2,4-5,8-9,12-16,18,24,29H,3,6-7,10-11,17,19-20H2,1H3,(H,36,40). The van der Waals surface area contributed by atoms with Gasteiger partial charge in [0.2, 0.25) is 21.8 Å². The van der Waals surface area contributed by atoms with Crippen LogP contribution in [0.4, 0.5) is 5.69 Å². The van der Waals surface area contributed by atoms with Crippen molar-refractivity contribution in [3.63, 3.8) is 0 Å². The Hall–Kier alpha value is -2.49. The summed E-state index contributed by atoms with van der Waals surface area (Å²) in [7, 11) is -3.98. The number of nitrogens with one attached hydrogen (secondary N) is 1. The highest BCUT2D eigenvalue weighted by Crippen LogP contribution is 2.31. The number of carbonyl (C=O) groups excluding carboxylic acids is 2. The summed E-state index contributed by atoms with van der Waals surface area (Å²) in [6.45, 7) is -0.610. The highest BCUT2D eigenvalue weighted by Gasteiger charge is 2.34. The first kappa shape index (κ1) is 33.4. The number of halogens is 4. The van der Waals surface area contributed by atoms with E-state index in [1.54, 1.807) is 18.2 Å². The number of hydrogen-bond donors (Lipinski definition) is 1. The predicted molar refractivity (Wildman–Crippen MR) is 175 cm³/mol. The van der Waals surface area contributed by atoms with Gasteiger partial charge in [0, 0.05) is 24.0 Å². The lowest BCUT2D eigenvalue weighted by Crippen LogP contribution is -2.55. The first-order chi connectivity index (χ1) is 20.4. The Balaban J connectivity index is 1.75. The second-order valence-electron chi connectivity index (χ2n) is 10.7. The van der Waals surface area contributed by atoms with Crippen LogP contribution in [0.1, 0.15) is 43.2 Å². The number of anilines is 1. The molecule has 230 valence electrons. The molecule has 3 aromatic carbocycles. The maximum Gasteiger partial charge on any atom is 0.244 e. The largest absolute Gasteiger partial charge is 0.352 e. The van der Waals surface area contributed by atoms with Gasteiger partial charge in [0.05, 0.1) is 27.0 Å². The molecule has 1 aliphatic carbocycles. The molecule has 0 heterocycles. The van der Waals surface area contributed by atoms with Gasteiger partial charge in [-0.2, -0.15) is 0 Å². The molecule has 1 N–H and O–H groups in total. The Morgan fingerprint density at radius 3 is 2.19 bits per heavy atom. The molecule has 12 heteroatoms. The monoisotopic (exact) mass is 683 g/mol. The lowest BCUT2D eigenvalue weighted by atomic mass is 9.94. The van der Waals surface area contributed by atoms with Crippen molar-refractivity contribution in [2.24, 2.45) is 0 Å². The molecule has 4 rings (SSSR count). The number of carbonyl (C=O) groups is 2. The summed E-state index contributed by atoms with van der Waals surface area (Å²) >= 11 is 24.9. The highest BCUT2D eigenvalue weighted by atomic mass is 35.5. The van der Waals surface area contributed by atoms with Gasteiger partial charge in [-0.3, -0.25) is 13.9 Å². The Morgan fingerprint density at radius 2 is 1.56 bits per heavy atom. The molecule has 0 aliphatic heterocycles. The van der Waals surface area contributed by atoms with Gasteiger partial charge in [-0.25, -0.2) is 8.42 Å². The third-order valence-electron chi connectivity index (χ3n) is 7.42. The molecule has 2 amide bonds. The average Bonchev–Trinajstić information content (AvgIpc) is 2.96. The van der Waals surface area contributed by atoms with Gasteiger partial charge in [-0.05, 0) is 54.3 Å². The minimum absolute atomic E-state index is 0.00171. The zero-order chi connectivity index (χ0) is 31.1. The normalized spacial score (nSPS) is 14.6. The van der Waals surface area contributed by atoms with Gasteiger partial charge in [-0.1, -0.05) is 102 Å². The maximum absolute atomic E-state index is 14.2. The predicted octanol–water partition coefficient (Wildman–Crippen LogP) is 7.16. The molecule has 0 spiro atoms. The lowest BCUT2D eigenvalue weighted by molar-refractivity contribution is -0.140. The van der Waals surface area contributed by atoms with Crippen LogP contribution in [0.25, 0.3) is 0 Å². The Bertz CT molecular complexity index is 1550. The molecular weight excluding hydrogens is 652 g/mol. The molecule has 1 atom stereocenters. The van der Waals surface area contributed by atoms with Gasteiger partial charge < -0.3 is 10.2 Å². The van der Waals surface area contributed by atoms with E-state index in [2.05, 4.69) is 5.32 Å². The maximum atomic E-state index is 14.2. The Labute approximate surface area is 273 Å². The third kappa shape index (κ3) is 9.25. The molecule has 0 bridgehead atoms. The van der Waals surface area contributed by atoms with E-state index >= 15 is 0 Å². The minimum atomic E-state index is -3.98. The van der Waals surface area contributed by atoms with Crippen molar-refractivity contribution in [2.45, 2.75) is 57.2 Å². The molecule has 1 saturated carbocycles. The van der Waals surface area contributed by atoms with Crippen LogP contribution >= 0.6 is 46.4 Å². The molecule has 43 heavy (non-hydrogen) atoms. The molecule has 0 radical (unpaired) electrons. The van der Waals surface area contributed by atoms with Crippen molar-refractivity contribution in [2.75, 3.05) is 17.1 Å². The number of nitrogens with zero attached hydrogens (tertiary/aromatic N) is 2. The lowest BCUT2D eigenvalue weighted by Gasteiger charge is -2.35. The zero-order valence-electron chi connectivity index (χ0n) is 23.6. The van der Waals surface area contributed by atoms with Gasteiger partial charge >= 0.3 is 0 Å². The van der Waals surface area contributed by atoms with Crippen molar-refractivity contribution in [3.8, 4) is 0 Å². The van der Waals surface area contributed by atoms with Gasteiger partial charge in [0.15, 0.2) is 0 Å². The topological polar surface area (TPSA) is 86.8 Å². The van der Waals surface area contributed by atoms with E-state index < -0.39 is 28.5 Å². The van der Waals surface area contributed by atoms with Crippen LogP contribution < -0.4 is 9.62 Å². The summed E-state index contributed by atoms with van der Waals surface area (Å²) < 4.78 is 26.9. The Morgan fingerprint density at radius 1 is 0.860 bits per heavy atom. The second-order valence-corrected chi connectivity index (χ2v) is 14.2. The van der Waals surface area contributed by atoms with E-state index in [0.29, 0.717) is 20.6 Å². The van der Waals surface area contributed by atoms with E-state index in [4.69, 9.17) is 46.4 Å². The van der Waals surface area contributed by atoms with Crippen LogP contribution in [-0.4, -0.2) is 50.0 Å². The minimum Gasteiger partial charge on any atom is -0.352 e. The van der Waals surface area contributed by atoms with Gasteiger partial charge in [-0.15, -0.1) is 0 Å².